The van der Waals surface area contributed by atoms with Crippen molar-refractivity contribution in [2.24, 2.45) is 5.92 Å². The highest BCUT2D eigenvalue weighted by Gasteiger charge is 2.43. The zero-order valence-corrected chi connectivity index (χ0v) is 30.4. The largest absolute Gasteiger partial charge is 0.336 e. The zero-order chi connectivity index (χ0) is 34.4. The maximum Gasteiger partial charge on any atom is 0.324 e. The molecule has 0 aliphatic carbocycles. The standard InChI is InChI=1S/C40H44ClN5O2S/c1-24-6-13-30(14-7-24)46-37(23-36(44-46)40(3,4)5)43-39(48)42-29-11-8-26(9-12-29)18-27-19-31-15-16-32(20-27)45(31)38(47)22-35-25(2)33-21-28(41)10-17-34(33)49-35/h6-14,17,21,23,27,31-32H,15-16,18-20,22H2,1-5H3,(H2,42,43,48). The summed E-state index contributed by atoms with van der Waals surface area (Å²) in [6.07, 6.45) is 5.70. The van der Waals surface area contributed by atoms with Crippen molar-refractivity contribution in [3.05, 3.63) is 105 Å². The number of nitrogens with one attached hydrogen (secondary N) is 2. The first-order chi connectivity index (χ1) is 23.4. The second-order valence-corrected chi connectivity index (χ2v) is 16.5. The number of aryl methyl sites for hydroxylation is 2. The van der Waals surface area contributed by atoms with Crippen LogP contribution in [0.2, 0.25) is 5.02 Å². The smallest absolute Gasteiger partial charge is 0.324 e. The summed E-state index contributed by atoms with van der Waals surface area (Å²) in [7, 11) is 0. The molecule has 2 aromatic heterocycles. The number of hydrogen-bond donors (Lipinski definition) is 2. The van der Waals surface area contributed by atoms with E-state index >= 15 is 0 Å². The minimum Gasteiger partial charge on any atom is -0.336 e. The van der Waals surface area contributed by atoms with Crippen LogP contribution in [0.4, 0.5) is 16.3 Å². The van der Waals surface area contributed by atoms with Crippen molar-refractivity contribution in [3.8, 4) is 5.69 Å². The Balaban J connectivity index is 0.954. The molecule has 254 valence electrons. The molecular weight excluding hydrogens is 650 g/mol. The van der Waals surface area contributed by atoms with E-state index < -0.39 is 0 Å². The van der Waals surface area contributed by atoms with Gasteiger partial charge in [0.15, 0.2) is 0 Å². The summed E-state index contributed by atoms with van der Waals surface area (Å²) in [6.45, 7) is 10.5. The third-order valence-corrected chi connectivity index (χ3v) is 11.7. The normalized spacial score (nSPS) is 19.0. The van der Waals surface area contributed by atoms with E-state index in [4.69, 9.17) is 16.7 Å². The van der Waals surface area contributed by atoms with Gasteiger partial charge in [-0.1, -0.05) is 62.2 Å². The molecule has 9 heteroatoms. The number of amides is 3. The highest BCUT2D eigenvalue weighted by molar-refractivity contribution is 7.19. The number of thiophene rings is 1. The zero-order valence-electron chi connectivity index (χ0n) is 28.8. The molecule has 4 heterocycles. The average Bonchev–Trinajstić information content (AvgIpc) is 3.70. The molecule has 0 saturated carbocycles. The summed E-state index contributed by atoms with van der Waals surface area (Å²) < 4.78 is 2.98. The van der Waals surface area contributed by atoms with Crippen LogP contribution in [0.25, 0.3) is 15.8 Å². The molecule has 2 atom stereocenters. The Morgan fingerprint density at radius 2 is 1.61 bits per heavy atom. The number of urea groups is 1. The number of carbonyl (C=O) groups is 2. The van der Waals surface area contributed by atoms with Gasteiger partial charge in [-0.05, 0) is 111 Å². The van der Waals surface area contributed by atoms with Gasteiger partial charge in [0, 0.05) is 43.9 Å². The van der Waals surface area contributed by atoms with E-state index in [0.717, 1.165) is 70.0 Å². The molecule has 2 aliphatic rings. The number of halogens is 1. The molecule has 0 radical (unpaired) electrons. The lowest BCUT2D eigenvalue weighted by Crippen LogP contribution is -2.47. The number of hydrogen-bond acceptors (Lipinski definition) is 4. The highest BCUT2D eigenvalue weighted by atomic mass is 35.5. The molecule has 0 spiro atoms. The van der Waals surface area contributed by atoms with Gasteiger partial charge in [0.25, 0.3) is 0 Å². The number of piperidine rings is 1. The summed E-state index contributed by atoms with van der Waals surface area (Å²) in [5.41, 5.74) is 5.95. The minimum atomic E-state index is -0.315. The van der Waals surface area contributed by atoms with E-state index in [1.54, 1.807) is 16.0 Å². The van der Waals surface area contributed by atoms with Gasteiger partial charge < -0.3 is 10.2 Å². The van der Waals surface area contributed by atoms with Crippen LogP contribution in [0.5, 0.6) is 0 Å². The first kappa shape index (κ1) is 33.4. The van der Waals surface area contributed by atoms with Crippen molar-refractivity contribution in [1.82, 2.24) is 14.7 Å². The Hall–Kier alpha value is -4.14. The quantitative estimate of drug-likeness (QED) is 0.178. The van der Waals surface area contributed by atoms with Gasteiger partial charge in [-0.2, -0.15) is 5.10 Å². The van der Waals surface area contributed by atoms with Gasteiger partial charge in [-0.3, -0.25) is 10.1 Å². The third-order valence-electron chi connectivity index (χ3n) is 10.2. The predicted molar refractivity (Wildman–Crippen MR) is 201 cm³/mol. The van der Waals surface area contributed by atoms with E-state index in [1.165, 1.54) is 15.8 Å². The number of aromatic nitrogens is 2. The molecule has 5 aromatic rings. The predicted octanol–water partition coefficient (Wildman–Crippen LogP) is 9.85. The Morgan fingerprint density at radius 1 is 0.918 bits per heavy atom. The maximum atomic E-state index is 13.6. The summed E-state index contributed by atoms with van der Waals surface area (Å²) in [4.78, 5) is 30.1. The van der Waals surface area contributed by atoms with E-state index in [2.05, 4.69) is 61.4 Å². The van der Waals surface area contributed by atoms with Gasteiger partial charge in [0.2, 0.25) is 5.91 Å². The molecule has 2 aliphatic heterocycles. The van der Waals surface area contributed by atoms with Crippen LogP contribution >= 0.6 is 22.9 Å². The minimum absolute atomic E-state index is 0.168. The highest BCUT2D eigenvalue weighted by Crippen LogP contribution is 2.41. The fraction of sp³-hybridized carbons (Fsp3) is 0.375. The summed E-state index contributed by atoms with van der Waals surface area (Å²) in [6, 6.07) is 24.5. The van der Waals surface area contributed by atoms with Gasteiger partial charge in [-0.25, -0.2) is 9.48 Å². The fourth-order valence-electron chi connectivity index (χ4n) is 7.56. The van der Waals surface area contributed by atoms with Crippen molar-refractivity contribution in [1.29, 1.82) is 0 Å². The van der Waals surface area contributed by atoms with Crippen LogP contribution in [0.3, 0.4) is 0 Å². The van der Waals surface area contributed by atoms with Crippen molar-refractivity contribution in [2.75, 3.05) is 10.6 Å². The molecule has 3 amide bonds. The van der Waals surface area contributed by atoms with Gasteiger partial charge in [0.05, 0.1) is 17.8 Å². The number of benzene rings is 3. The molecule has 2 fully saturated rings. The molecular formula is C40H44ClN5O2S. The van der Waals surface area contributed by atoms with Crippen molar-refractivity contribution < 1.29 is 9.59 Å². The summed E-state index contributed by atoms with van der Waals surface area (Å²) in [5, 5.41) is 12.7. The number of nitrogens with zero attached hydrogens (tertiary/aromatic N) is 3. The monoisotopic (exact) mass is 693 g/mol. The molecule has 2 N–H and O–H groups in total. The number of rotatable bonds is 7. The van der Waals surface area contributed by atoms with E-state index in [1.807, 2.05) is 61.5 Å². The summed E-state index contributed by atoms with van der Waals surface area (Å²) >= 11 is 7.96. The van der Waals surface area contributed by atoms with E-state index in [-0.39, 0.29) is 17.4 Å². The third kappa shape index (κ3) is 7.12. The lowest BCUT2D eigenvalue weighted by Gasteiger charge is -2.39. The molecule has 49 heavy (non-hydrogen) atoms. The van der Waals surface area contributed by atoms with Crippen molar-refractivity contribution in [2.45, 2.75) is 90.6 Å². The number of fused-ring (bicyclic) bond motifs is 3. The Bertz CT molecular complexity index is 1990. The molecule has 3 aromatic carbocycles. The molecule has 2 unspecified atom stereocenters. The second kappa shape index (κ2) is 13.3. The molecule has 2 bridgehead atoms. The maximum absolute atomic E-state index is 13.6. The number of carbonyl (C=O) groups excluding carboxylic acids is 2. The Morgan fingerprint density at radius 3 is 2.29 bits per heavy atom. The topological polar surface area (TPSA) is 79.3 Å². The second-order valence-electron chi connectivity index (χ2n) is 14.9. The van der Waals surface area contributed by atoms with Crippen LogP contribution in [0, 0.1) is 19.8 Å². The fourth-order valence-corrected chi connectivity index (χ4v) is 8.91. The van der Waals surface area contributed by atoms with Crippen LogP contribution in [0.1, 0.15) is 73.7 Å². The van der Waals surface area contributed by atoms with Crippen LogP contribution < -0.4 is 10.6 Å². The average molecular weight is 694 g/mol. The van der Waals surface area contributed by atoms with Crippen LogP contribution in [-0.4, -0.2) is 38.7 Å². The Kier molecular flexibility index (Phi) is 9.05. The van der Waals surface area contributed by atoms with Gasteiger partial charge >= 0.3 is 6.03 Å². The van der Waals surface area contributed by atoms with Crippen molar-refractivity contribution in [3.63, 3.8) is 0 Å². The SMILES string of the molecule is Cc1ccc(-n2nc(C(C)(C)C)cc2NC(=O)Nc2ccc(CC3CC4CCC(C3)N4C(=O)Cc3sc4ccc(Cl)cc4c3C)cc2)cc1. The van der Waals surface area contributed by atoms with Crippen molar-refractivity contribution >= 4 is 56.5 Å². The lowest BCUT2D eigenvalue weighted by atomic mass is 9.85. The molecule has 7 rings (SSSR count). The Labute approximate surface area is 297 Å². The molecule has 7 nitrogen and oxygen atoms in total. The van der Waals surface area contributed by atoms with E-state index in [9.17, 15) is 9.59 Å². The first-order valence-corrected chi connectivity index (χ1v) is 18.4. The lowest BCUT2D eigenvalue weighted by molar-refractivity contribution is -0.135. The van der Waals surface area contributed by atoms with E-state index in [0.29, 0.717) is 30.2 Å². The van der Waals surface area contributed by atoms with Gasteiger partial charge in [0.1, 0.15) is 5.82 Å². The summed E-state index contributed by atoms with van der Waals surface area (Å²) in [5.74, 6) is 1.42. The van der Waals surface area contributed by atoms with Gasteiger partial charge in [-0.15, -0.1) is 11.3 Å². The first-order valence-electron chi connectivity index (χ1n) is 17.2. The van der Waals surface area contributed by atoms with Crippen LogP contribution in [-0.2, 0) is 23.1 Å². The number of anilines is 2. The van der Waals surface area contributed by atoms with Crippen LogP contribution in [0.15, 0.2) is 72.8 Å². The molecule has 2 saturated heterocycles.